The number of hydrogen-bond acceptors (Lipinski definition) is 0. The van der Waals surface area contributed by atoms with Crippen LogP contribution in [0.5, 0.6) is 0 Å². The molecule has 0 aromatic rings. The van der Waals surface area contributed by atoms with E-state index in [2.05, 4.69) is 20.9 Å². The van der Waals surface area contributed by atoms with Crippen LogP contribution in [0.4, 0.5) is 0 Å². The van der Waals surface area contributed by atoms with Crippen molar-refractivity contribution in [1.82, 2.24) is 0 Å². The van der Waals surface area contributed by atoms with Crippen LogP contribution >= 0.6 is 0 Å². The highest BCUT2D eigenvalue weighted by molar-refractivity contribution is 6.08. The smallest absolute Gasteiger partial charge is 0.0781 e. The van der Waals surface area contributed by atoms with Crippen molar-refractivity contribution >= 4 is 10.2 Å². The van der Waals surface area contributed by atoms with E-state index >= 15 is 0 Å². The van der Waals surface area contributed by atoms with E-state index in [-0.39, 0.29) is 0 Å². The van der Waals surface area contributed by atoms with Gasteiger partial charge < -0.3 is 4.48 Å². The summed E-state index contributed by atoms with van der Waals surface area (Å²) in [6.07, 6.45) is 6.94. The highest BCUT2D eigenvalue weighted by atomic mass is 28.1. The zero-order valence-corrected chi connectivity index (χ0v) is 11.4. The topological polar surface area (TPSA) is 0 Å². The average molecular weight is 188 g/mol. The molecular weight excluding hydrogens is 162 g/mol. The normalized spacial score (nSPS) is 12.2. The van der Waals surface area contributed by atoms with E-state index in [0.29, 0.717) is 0 Å². The maximum atomic E-state index is 2.43. The Morgan fingerprint density at radius 2 is 1.42 bits per heavy atom. The first-order valence-corrected chi connectivity index (χ1v) is 6.93. The summed E-state index contributed by atoms with van der Waals surface area (Å²) in [6, 6.07) is 0. The fourth-order valence-corrected chi connectivity index (χ4v) is 2.14. The van der Waals surface area contributed by atoms with Crippen molar-refractivity contribution in [2.75, 3.05) is 26.3 Å². The molecule has 0 fully saturated rings. The molecule has 0 N–H and O–H groups in total. The van der Waals surface area contributed by atoms with Gasteiger partial charge >= 0.3 is 0 Å². The molecule has 0 aliphatic carbocycles. The van der Waals surface area contributed by atoms with Crippen LogP contribution in [0.2, 0.25) is 0 Å². The standard InChI is InChI=1S/C10H26NSi/c1-4-6-8-11(3,10-12)9-7-5-2/h4-10H2,1-3,12H3/q+1. The molecule has 0 radical (unpaired) electrons. The molecule has 0 unspecified atom stereocenters. The molecule has 0 aliphatic heterocycles. The molecule has 0 bridgehead atoms. The second-order valence-corrected chi connectivity index (χ2v) is 4.72. The molecule has 2 heteroatoms. The lowest BCUT2D eigenvalue weighted by Crippen LogP contribution is -2.46. The van der Waals surface area contributed by atoms with Gasteiger partial charge in [-0.1, -0.05) is 26.7 Å². The van der Waals surface area contributed by atoms with Gasteiger partial charge in [0.2, 0.25) is 0 Å². The van der Waals surface area contributed by atoms with Gasteiger partial charge in [0.15, 0.2) is 0 Å². The van der Waals surface area contributed by atoms with Gasteiger partial charge in [0.25, 0.3) is 0 Å². The molecule has 0 saturated carbocycles. The van der Waals surface area contributed by atoms with Gasteiger partial charge in [-0.05, 0) is 12.8 Å². The highest BCUT2D eigenvalue weighted by Gasteiger charge is 2.16. The first kappa shape index (κ1) is 12.2. The van der Waals surface area contributed by atoms with Crippen LogP contribution in [0.3, 0.4) is 0 Å². The minimum atomic E-state index is 1.34. The van der Waals surface area contributed by atoms with Crippen LogP contribution in [0.25, 0.3) is 0 Å². The van der Waals surface area contributed by atoms with Crippen molar-refractivity contribution in [3.05, 3.63) is 0 Å². The maximum absolute atomic E-state index is 2.43. The predicted molar refractivity (Wildman–Crippen MR) is 60.5 cm³/mol. The van der Waals surface area contributed by atoms with E-state index in [1.165, 1.54) is 59.7 Å². The summed E-state index contributed by atoms with van der Waals surface area (Å²) < 4.78 is 1.34. The molecule has 0 aromatic heterocycles. The third-order valence-electron chi connectivity index (χ3n) is 2.87. The Hall–Kier alpha value is 0.177. The van der Waals surface area contributed by atoms with Gasteiger partial charge in [-0.15, -0.1) is 0 Å². The van der Waals surface area contributed by atoms with Gasteiger partial charge in [-0.25, -0.2) is 0 Å². The Labute approximate surface area is 81.2 Å². The van der Waals surface area contributed by atoms with Crippen LogP contribution in [0.15, 0.2) is 0 Å². The maximum Gasteiger partial charge on any atom is 0.0781 e. The molecule has 0 aliphatic rings. The lowest BCUT2D eigenvalue weighted by atomic mass is 10.2. The van der Waals surface area contributed by atoms with Gasteiger partial charge in [0.1, 0.15) is 0 Å². The fraction of sp³-hybridized carbons (Fsp3) is 1.00. The van der Waals surface area contributed by atoms with Gasteiger partial charge in [0.05, 0.1) is 36.5 Å². The largest absolute Gasteiger partial charge is 0.330 e. The molecule has 12 heavy (non-hydrogen) atoms. The Bertz CT molecular complexity index is 96.0. The molecule has 0 spiro atoms. The number of quaternary nitrogens is 1. The van der Waals surface area contributed by atoms with E-state index in [9.17, 15) is 0 Å². The minimum absolute atomic E-state index is 1.34. The van der Waals surface area contributed by atoms with Crippen LogP contribution in [0.1, 0.15) is 39.5 Å². The molecular formula is C10H26NSi+. The Kier molecular flexibility index (Phi) is 6.77. The first-order chi connectivity index (χ1) is 5.68. The third kappa shape index (κ3) is 4.94. The zero-order chi connectivity index (χ0) is 9.45. The summed E-state index contributed by atoms with van der Waals surface area (Å²) >= 11 is 0. The summed E-state index contributed by atoms with van der Waals surface area (Å²) in [6.45, 7) is 7.38. The number of unbranched alkanes of at least 4 members (excludes halogenated alkanes) is 2. The Morgan fingerprint density at radius 3 is 1.67 bits per heavy atom. The lowest BCUT2D eigenvalue weighted by molar-refractivity contribution is -0.899. The third-order valence-corrected chi connectivity index (χ3v) is 4.39. The number of hydrogen-bond donors (Lipinski definition) is 0. The summed E-state index contributed by atoms with van der Waals surface area (Å²) in [5.41, 5.74) is 0. The number of rotatable bonds is 7. The van der Waals surface area contributed by atoms with Gasteiger partial charge in [-0.2, -0.15) is 0 Å². The van der Waals surface area contributed by atoms with Crippen molar-refractivity contribution in [3.8, 4) is 0 Å². The molecule has 0 aromatic carbocycles. The Balaban J connectivity index is 3.70. The quantitative estimate of drug-likeness (QED) is 0.418. The zero-order valence-electron chi connectivity index (χ0n) is 9.40. The lowest BCUT2D eigenvalue weighted by Gasteiger charge is -2.33. The second-order valence-electron chi connectivity index (χ2n) is 4.09. The van der Waals surface area contributed by atoms with E-state index < -0.39 is 0 Å². The summed E-state index contributed by atoms with van der Waals surface area (Å²) in [7, 11) is 3.78. The second kappa shape index (κ2) is 6.67. The molecule has 0 heterocycles. The fourth-order valence-electron chi connectivity index (χ4n) is 1.51. The highest BCUT2D eigenvalue weighted by Crippen LogP contribution is 2.06. The molecule has 1 nitrogen and oxygen atoms in total. The summed E-state index contributed by atoms with van der Waals surface area (Å²) in [5.74, 6) is 0. The van der Waals surface area contributed by atoms with E-state index in [1.807, 2.05) is 0 Å². The summed E-state index contributed by atoms with van der Waals surface area (Å²) in [4.78, 5) is 0. The summed E-state index contributed by atoms with van der Waals surface area (Å²) in [5, 5.41) is 0. The van der Waals surface area contributed by atoms with Gasteiger partial charge in [-0.3, -0.25) is 0 Å². The number of nitrogens with zero attached hydrogens (tertiary/aromatic N) is 1. The van der Waals surface area contributed by atoms with E-state index in [0.717, 1.165) is 0 Å². The van der Waals surface area contributed by atoms with Crippen LogP contribution in [0, 0.1) is 0 Å². The first-order valence-electron chi connectivity index (χ1n) is 5.52. The Morgan fingerprint density at radius 1 is 1.00 bits per heavy atom. The molecule has 74 valence electrons. The monoisotopic (exact) mass is 188 g/mol. The van der Waals surface area contributed by atoms with Crippen molar-refractivity contribution in [2.45, 2.75) is 39.5 Å². The van der Waals surface area contributed by atoms with Crippen molar-refractivity contribution in [2.24, 2.45) is 0 Å². The minimum Gasteiger partial charge on any atom is -0.330 e. The molecule has 0 rings (SSSR count). The molecule has 0 saturated heterocycles. The van der Waals surface area contributed by atoms with Crippen LogP contribution < -0.4 is 0 Å². The van der Waals surface area contributed by atoms with Crippen LogP contribution in [-0.4, -0.2) is 41.0 Å². The van der Waals surface area contributed by atoms with E-state index in [4.69, 9.17) is 0 Å². The predicted octanol–water partition coefficient (Wildman–Crippen LogP) is 1.36. The van der Waals surface area contributed by atoms with E-state index in [1.54, 1.807) is 0 Å². The van der Waals surface area contributed by atoms with Gasteiger partial charge in [0, 0.05) is 0 Å². The average Bonchev–Trinajstić information content (AvgIpc) is 2.11. The van der Waals surface area contributed by atoms with Crippen LogP contribution in [-0.2, 0) is 0 Å². The SMILES string of the molecule is CCCC[N+](C)(C[SiH3])CCCC. The van der Waals surface area contributed by atoms with Crippen molar-refractivity contribution in [1.29, 1.82) is 0 Å². The molecule has 0 atom stereocenters. The van der Waals surface area contributed by atoms with Crippen molar-refractivity contribution in [3.63, 3.8) is 0 Å². The molecule has 0 amide bonds. The van der Waals surface area contributed by atoms with Crippen molar-refractivity contribution < 1.29 is 4.48 Å².